The third-order valence-corrected chi connectivity index (χ3v) is 5.97. The van der Waals surface area contributed by atoms with Crippen molar-refractivity contribution in [2.75, 3.05) is 7.11 Å². The number of ether oxygens (including phenoxy) is 1. The van der Waals surface area contributed by atoms with E-state index >= 15 is 0 Å². The van der Waals surface area contributed by atoms with Crippen molar-refractivity contribution in [1.82, 2.24) is 9.47 Å². The molecule has 29 heavy (non-hydrogen) atoms. The largest absolute Gasteiger partial charge is 0.497 e. The molecular formula is C22H17BrN2O3S. The summed E-state index contributed by atoms with van der Waals surface area (Å²) in [7, 11) is 1.63. The lowest BCUT2D eigenvalue weighted by atomic mass is 10.2. The molecule has 1 aliphatic heterocycles. The van der Waals surface area contributed by atoms with Crippen molar-refractivity contribution < 1.29 is 14.3 Å². The lowest BCUT2D eigenvalue weighted by Crippen LogP contribution is -2.27. The van der Waals surface area contributed by atoms with Crippen LogP contribution in [-0.2, 0) is 11.3 Å². The molecule has 5 nitrogen and oxygen atoms in total. The lowest BCUT2D eigenvalue weighted by Gasteiger charge is -2.12. The number of rotatable bonds is 5. The van der Waals surface area contributed by atoms with Crippen molar-refractivity contribution in [2.24, 2.45) is 0 Å². The molecule has 0 aliphatic carbocycles. The summed E-state index contributed by atoms with van der Waals surface area (Å²) < 4.78 is 8.12. The SMILES string of the molecule is COc1ccc(-n2cccc2/C=C2\SC(=O)N(Cc3ccc(Br)cc3)C2=O)cc1. The van der Waals surface area contributed by atoms with E-state index in [0.717, 1.165) is 38.9 Å². The minimum absolute atomic E-state index is 0.258. The summed E-state index contributed by atoms with van der Waals surface area (Å²) in [6.45, 7) is 0.259. The van der Waals surface area contributed by atoms with Crippen LogP contribution < -0.4 is 4.74 Å². The maximum Gasteiger partial charge on any atom is 0.293 e. The van der Waals surface area contributed by atoms with E-state index in [9.17, 15) is 9.59 Å². The van der Waals surface area contributed by atoms with Gasteiger partial charge >= 0.3 is 0 Å². The molecule has 1 saturated heterocycles. The molecule has 0 atom stereocenters. The number of carbonyl (C=O) groups excluding carboxylic acids is 2. The highest BCUT2D eigenvalue weighted by Gasteiger charge is 2.35. The van der Waals surface area contributed by atoms with Crippen molar-refractivity contribution in [2.45, 2.75) is 6.54 Å². The number of hydrogen-bond donors (Lipinski definition) is 0. The molecule has 0 radical (unpaired) electrons. The highest BCUT2D eigenvalue weighted by molar-refractivity contribution is 9.10. The van der Waals surface area contributed by atoms with E-state index in [1.165, 1.54) is 4.90 Å². The van der Waals surface area contributed by atoms with Crippen LogP contribution >= 0.6 is 27.7 Å². The fourth-order valence-corrected chi connectivity index (χ4v) is 4.12. The molecule has 0 unspecified atom stereocenters. The number of carbonyl (C=O) groups is 2. The van der Waals surface area contributed by atoms with Gasteiger partial charge in [-0.1, -0.05) is 28.1 Å². The molecule has 0 N–H and O–H groups in total. The van der Waals surface area contributed by atoms with Gasteiger partial charge in [0.2, 0.25) is 0 Å². The summed E-state index contributed by atoms with van der Waals surface area (Å²) in [6.07, 6.45) is 3.68. The number of aromatic nitrogens is 1. The van der Waals surface area contributed by atoms with E-state index in [1.54, 1.807) is 13.2 Å². The maximum absolute atomic E-state index is 12.8. The van der Waals surface area contributed by atoms with Gasteiger partial charge in [0.05, 0.1) is 18.6 Å². The number of methoxy groups -OCH3 is 1. The molecule has 7 heteroatoms. The lowest BCUT2D eigenvalue weighted by molar-refractivity contribution is -0.123. The Morgan fingerprint density at radius 3 is 2.45 bits per heavy atom. The third-order valence-electron chi connectivity index (χ3n) is 4.54. The highest BCUT2D eigenvalue weighted by Crippen LogP contribution is 2.34. The number of hydrogen-bond acceptors (Lipinski definition) is 4. The predicted molar refractivity (Wildman–Crippen MR) is 118 cm³/mol. The highest BCUT2D eigenvalue weighted by atomic mass is 79.9. The molecule has 4 rings (SSSR count). The summed E-state index contributed by atoms with van der Waals surface area (Å²) in [4.78, 5) is 26.9. The molecule has 1 aromatic heterocycles. The van der Waals surface area contributed by atoms with Gasteiger partial charge in [-0.2, -0.15) is 0 Å². The molecule has 0 spiro atoms. The molecule has 146 valence electrons. The fourth-order valence-electron chi connectivity index (χ4n) is 3.03. The smallest absolute Gasteiger partial charge is 0.293 e. The van der Waals surface area contributed by atoms with Gasteiger partial charge in [-0.05, 0) is 71.9 Å². The molecule has 3 aromatic rings. The summed E-state index contributed by atoms with van der Waals surface area (Å²) in [6, 6.07) is 19.0. The Labute approximate surface area is 181 Å². The molecule has 0 bridgehead atoms. The molecule has 2 amide bonds. The summed E-state index contributed by atoms with van der Waals surface area (Å²) in [5.41, 5.74) is 2.67. The van der Waals surface area contributed by atoms with E-state index < -0.39 is 0 Å². The minimum Gasteiger partial charge on any atom is -0.497 e. The van der Waals surface area contributed by atoms with Crippen LogP contribution in [0.15, 0.2) is 76.2 Å². The summed E-state index contributed by atoms with van der Waals surface area (Å²) in [5, 5.41) is -0.258. The second-order valence-corrected chi connectivity index (χ2v) is 8.30. The quantitative estimate of drug-likeness (QED) is 0.464. The second-order valence-electron chi connectivity index (χ2n) is 6.40. The third kappa shape index (κ3) is 4.16. The van der Waals surface area contributed by atoms with Crippen LogP contribution in [0.1, 0.15) is 11.3 Å². The number of benzene rings is 2. The Bertz CT molecular complexity index is 1090. The van der Waals surface area contributed by atoms with Crippen molar-refractivity contribution in [3.63, 3.8) is 0 Å². The monoisotopic (exact) mass is 468 g/mol. The number of amides is 2. The molecule has 2 aromatic carbocycles. The van der Waals surface area contributed by atoms with Crippen LogP contribution in [0.2, 0.25) is 0 Å². The van der Waals surface area contributed by atoms with Gasteiger partial charge in [-0.25, -0.2) is 0 Å². The van der Waals surface area contributed by atoms with Crippen LogP contribution in [-0.4, -0.2) is 27.7 Å². The number of thioether (sulfide) groups is 1. The van der Waals surface area contributed by atoms with Gasteiger partial charge in [-0.15, -0.1) is 0 Å². The van der Waals surface area contributed by atoms with E-state index in [1.807, 2.05) is 71.4 Å². The van der Waals surface area contributed by atoms with Crippen LogP contribution in [0.5, 0.6) is 5.75 Å². The van der Waals surface area contributed by atoms with E-state index in [0.29, 0.717) is 4.91 Å². The van der Waals surface area contributed by atoms with Crippen molar-refractivity contribution in [1.29, 1.82) is 0 Å². The standard InChI is InChI=1S/C22H17BrN2O3S/c1-28-19-10-8-17(9-11-19)24-12-2-3-18(24)13-20-21(26)25(22(27)29-20)14-15-4-6-16(23)7-5-15/h2-13H,14H2,1H3/b20-13-. The first-order valence-electron chi connectivity index (χ1n) is 8.87. The average Bonchev–Trinajstić information content (AvgIpc) is 3.30. The van der Waals surface area contributed by atoms with Crippen LogP contribution in [0.3, 0.4) is 0 Å². The Kier molecular flexibility index (Phi) is 5.60. The van der Waals surface area contributed by atoms with E-state index in [2.05, 4.69) is 15.9 Å². The first kappa shape index (κ1) is 19.5. The molecule has 1 fully saturated rings. The Hall–Kier alpha value is -2.77. The van der Waals surface area contributed by atoms with Crippen molar-refractivity contribution in [3.8, 4) is 11.4 Å². The van der Waals surface area contributed by atoms with Gasteiger partial charge in [0.25, 0.3) is 11.1 Å². The first-order chi connectivity index (χ1) is 14.0. The second kappa shape index (κ2) is 8.31. The van der Waals surface area contributed by atoms with Crippen molar-refractivity contribution in [3.05, 3.63) is 87.5 Å². The van der Waals surface area contributed by atoms with E-state index in [4.69, 9.17) is 4.74 Å². The van der Waals surface area contributed by atoms with Gasteiger partial charge in [0.15, 0.2) is 0 Å². The number of halogens is 1. The van der Waals surface area contributed by atoms with Crippen LogP contribution in [0, 0.1) is 0 Å². The molecule has 1 aliphatic rings. The average molecular weight is 469 g/mol. The van der Waals surface area contributed by atoms with Crippen molar-refractivity contribution >= 4 is 44.9 Å². The Morgan fingerprint density at radius 2 is 1.76 bits per heavy atom. The number of nitrogens with zero attached hydrogens (tertiary/aromatic N) is 2. The zero-order valence-corrected chi connectivity index (χ0v) is 17.9. The normalized spacial score (nSPS) is 15.4. The topological polar surface area (TPSA) is 51.5 Å². The first-order valence-corrected chi connectivity index (χ1v) is 10.5. The fraction of sp³-hybridized carbons (Fsp3) is 0.0909. The summed E-state index contributed by atoms with van der Waals surface area (Å²) >= 11 is 4.36. The zero-order chi connectivity index (χ0) is 20.4. The Morgan fingerprint density at radius 1 is 1.03 bits per heavy atom. The molecular weight excluding hydrogens is 452 g/mol. The van der Waals surface area contributed by atoms with Gasteiger partial charge in [0, 0.05) is 22.1 Å². The van der Waals surface area contributed by atoms with E-state index in [-0.39, 0.29) is 17.7 Å². The zero-order valence-electron chi connectivity index (χ0n) is 15.5. The Balaban J connectivity index is 1.57. The molecule has 0 saturated carbocycles. The number of imide groups is 1. The maximum atomic E-state index is 12.8. The van der Waals surface area contributed by atoms with Gasteiger partial charge in [-0.3, -0.25) is 14.5 Å². The van der Waals surface area contributed by atoms with Crippen LogP contribution in [0.25, 0.3) is 11.8 Å². The van der Waals surface area contributed by atoms with Crippen LogP contribution in [0.4, 0.5) is 4.79 Å². The summed E-state index contributed by atoms with van der Waals surface area (Å²) in [5.74, 6) is 0.502. The van der Waals surface area contributed by atoms with Gasteiger partial charge < -0.3 is 9.30 Å². The predicted octanol–water partition coefficient (Wildman–Crippen LogP) is 5.48. The molecule has 2 heterocycles. The van der Waals surface area contributed by atoms with Gasteiger partial charge in [0.1, 0.15) is 5.75 Å². The minimum atomic E-state index is -0.273.